The molecule has 0 unspecified atom stereocenters. The Bertz CT molecular complexity index is 538. The summed E-state index contributed by atoms with van der Waals surface area (Å²) in [5.74, 6) is 0. The number of nitrogens with zero attached hydrogens (tertiary/aromatic N) is 1. The lowest BCUT2D eigenvalue weighted by atomic mass is 10.3. The molecule has 1 amide bonds. The second-order valence-electron chi connectivity index (χ2n) is 2.84. The maximum absolute atomic E-state index is 11.4. The molecule has 1 heterocycles. The molecule has 14 heavy (non-hydrogen) atoms. The van der Waals surface area contributed by atoms with Gasteiger partial charge in [0.15, 0.2) is 0 Å². The highest BCUT2D eigenvalue weighted by atomic mass is 16.2. The van der Waals surface area contributed by atoms with Crippen molar-refractivity contribution in [2.45, 2.75) is 0 Å². The van der Waals surface area contributed by atoms with Crippen LogP contribution in [-0.2, 0) is 0 Å². The van der Waals surface area contributed by atoms with Crippen LogP contribution in [0.25, 0.3) is 11.0 Å². The number of fused-ring (bicyclic) bond motifs is 1. The first-order chi connectivity index (χ1) is 6.74. The van der Waals surface area contributed by atoms with E-state index in [2.05, 4.69) is 10.3 Å². The molecule has 5 heteroatoms. The number of aromatic nitrogens is 2. The number of benzene rings is 1. The Balaban J connectivity index is 2.81. The average Bonchev–Trinajstić information content (AvgIpc) is 2.53. The van der Waals surface area contributed by atoms with Crippen molar-refractivity contribution in [3.63, 3.8) is 0 Å². The average molecular weight is 191 g/mol. The van der Waals surface area contributed by atoms with Crippen molar-refractivity contribution in [3.8, 4) is 0 Å². The van der Waals surface area contributed by atoms with Gasteiger partial charge in [0.1, 0.15) is 0 Å². The zero-order valence-electron chi connectivity index (χ0n) is 7.57. The molecule has 1 aromatic heterocycles. The predicted octanol–water partition coefficient (Wildman–Crippen LogP) is 0.517. The number of hydrogen-bond donors (Lipinski definition) is 2. The quantitative estimate of drug-likeness (QED) is 0.637. The predicted molar refractivity (Wildman–Crippen MR) is 52.4 cm³/mol. The van der Waals surface area contributed by atoms with Gasteiger partial charge in [-0.25, -0.2) is 14.2 Å². The molecule has 0 aliphatic carbocycles. The van der Waals surface area contributed by atoms with Gasteiger partial charge < -0.3 is 10.3 Å². The second-order valence-corrected chi connectivity index (χ2v) is 2.84. The number of carbonyl (C=O) groups is 1. The third kappa shape index (κ3) is 1.10. The molecule has 0 atom stereocenters. The molecular weight excluding hydrogens is 182 g/mol. The van der Waals surface area contributed by atoms with E-state index in [0.717, 1.165) is 4.57 Å². The van der Waals surface area contributed by atoms with Gasteiger partial charge in [0.2, 0.25) is 0 Å². The molecule has 72 valence electrons. The van der Waals surface area contributed by atoms with E-state index in [1.165, 1.54) is 7.05 Å². The number of imidazole rings is 1. The minimum Gasteiger partial charge on any atom is -0.340 e. The minimum atomic E-state index is -0.438. The van der Waals surface area contributed by atoms with Gasteiger partial charge in [0, 0.05) is 7.05 Å². The van der Waals surface area contributed by atoms with E-state index < -0.39 is 11.7 Å². The maximum atomic E-state index is 11.4. The number of nitrogens with one attached hydrogen (secondary N) is 2. The first-order valence-corrected chi connectivity index (χ1v) is 4.16. The molecule has 1 aromatic carbocycles. The Morgan fingerprint density at radius 1 is 1.43 bits per heavy atom. The Hall–Kier alpha value is -2.04. The molecule has 5 nitrogen and oxygen atoms in total. The summed E-state index contributed by atoms with van der Waals surface area (Å²) in [6.45, 7) is 0. The maximum Gasteiger partial charge on any atom is 0.334 e. The van der Waals surface area contributed by atoms with Crippen LogP contribution in [0.2, 0.25) is 0 Å². The molecule has 2 aromatic rings. The Morgan fingerprint density at radius 3 is 2.86 bits per heavy atom. The van der Waals surface area contributed by atoms with E-state index in [9.17, 15) is 9.59 Å². The van der Waals surface area contributed by atoms with Crippen LogP contribution in [0.5, 0.6) is 0 Å². The van der Waals surface area contributed by atoms with Crippen LogP contribution in [0.1, 0.15) is 0 Å². The first-order valence-electron chi connectivity index (χ1n) is 4.16. The van der Waals surface area contributed by atoms with Gasteiger partial charge >= 0.3 is 11.7 Å². The van der Waals surface area contributed by atoms with Crippen LogP contribution in [-0.4, -0.2) is 22.6 Å². The van der Waals surface area contributed by atoms with Crippen LogP contribution in [0.3, 0.4) is 0 Å². The summed E-state index contributed by atoms with van der Waals surface area (Å²) in [5.41, 5.74) is 0.809. The number of carbonyl (C=O) groups excluding carboxylic acids is 1. The standard InChI is InChI=1S/C9H9N3O2/c1-10-8(13)12-7-5-3-2-4-6(7)11-9(12)14/h2-5H,1H3,(H,10,13)(H,11,14). The number of hydrogen-bond acceptors (Lipinski definition) is 2. The topological polar surface area (TPSA) is 66.9 Å². The monoisotopic (exact) mass is 191 g/mol. The van der Waals surface area contributed by atoms with E-state index in [1.54, 1.807) is 24.3 Å². The Labute approximate surface area is 79.4 Å². The van der Waals surface area contributed by atoms with E-state index in [-0.39, 0.29) is 0 Å². The Kier molecular flexibility index (Phi) is 1.85. The van der Waals surface area contributed by atoms with E-state index >= 15 is 0 Å². The SMILES string of the molecule is CNC(=O)n1c(=O)[nH]c2ccccc21. The summed E-state index contributed by atoms with van der Waals surface area (Å²) >= 11 is 0. The Morgan fingerprint density at radius 2 is 2.14 bits per heavy atom. The number of H-pyrrole nitrogens is 1. The molecule has 2 N–H and O–H groups in total. The summed E-state index contributed by atoms with van der Waals surface area (Å²) < 4.78 is 1.06. The molecule has 2 rings (SSSR count). The first kappa shape index (κ1) is 8.55. The molecule has 0 aliphatic heterocycles. The fraction of sp³-hybridized carbons (Fsp3) is 0.111. The van der Waals surface area contributed by atoms with E-state index in [4.69, 9.17) is 0 Å². The van der Waals surface area contributed by atoms with Gasteiger partial charge in [-0.15, -0.1) is 0 Å². The molecule has 0 spiro atoms. The highest BCUT2D eigenvalue weighted by Crippen LogP contribution is 2.07. The van der Waals surface area contributed by atoms with Crippen molar-refractivity contribution >= 4 is 17.1 Å². The number of rotatable bonds is 0. The summed E-state index contributed by atoms with van der Waals surface area (Å²) in [6.07, 6.45) is 0. The van der Waals surface area contributed by atoms with Crippen LogP contribution < -0.4 is 11.0 Å². The lowest BCUT2D eigenvalue weighted by Gasteiger charge is -1.98. The van der Waals surface area contributed by atoms with Crippen molar-refractivity contribution in [1.82, 2.24) is 14.9 Å². The summed E-state index contributed by atoms with van der Waals surface area (Å²) in [7, 11) is 1.48. The van der Waals surface area contributed by atoms with Gasteiger partial charge in [-0.1, -0.05) is 12.1 Å². The number of amides is 1. The lowest BCUT2D eigenvalue weighted by Crippen LogP contribution is -2.32. The normalized spacial score (nSPS) is 10.4. The third-order valence-corrected chi connectivity index (χ3v) is 2.01. The molecule has 0 aliphatic rings. The molecular formula is C9H9N3O2. The van der Waals surface area contributed by atoms with Gasteiger partial charge in [0.25, 0.3) is 0 Å². The second kappa shape index (κ2) is 3.02. The lowest BCUT2D eigenvalue weighted by molar-refractivity contribution is 0.244. The van der Waals surface area contributed by atoms with Crippen LogP contribution in [0, 0.1) is 0 Å². The number of para-hydroxylation sites is 2. The van der Waals surface area contributed by atoms with Gasteiger partial charge in [0.05, 0.1) is 11.0 Å². The summed E-state index contributed by atoms with van der Waals surface area (Å²) in [6, 6.07) is 6.59. The molecule has 0 saturated carbocycles. The largest absolute Gasteiger partial charge is 0.340 e. The van der Waals surface area contributed by atoms with Gasteiger partial charge in [-0.05, 0) is 12.1 Å². The minimum absolute atomic E-state index is 0.425. The van der Waals surface area contributed by atoms with Gasteiger partial charge in [-0.3, -0.25) is 0 Å². The third-order valence-electron chi connectivity index (χ3n) is 2.01. The molecule has 0 fully saturated rings. The molecule has 0 radical (unpaired) electrons. The highest BCUT2D eigenvalue weighted by Gasteiger charge is 2.10. The van der Waals surface area contributed by atoms with E-state index in [1.807, 2.05) is 0 Å². The van der Waals surface area contributed by atoms with Crippen LogP contribution in [0.15, 0.2) is 29.1 Å². The fourth-order valence-corrected chi connectivity index (χ4v) is 1.37. The van der Waals surface area contributed by atoms with Crippen molar-refractivity contribution < 1.29 is 4.79 Å². The van der Waals surface area contributed by atoms with Crippen molar-refractivity contribution in [2.24, 2.45) is 0 Å². The molecule has 0 bridgehead atoms. The molecule has 0 saturated heterocycles. The van der Waals surface area contributed by atoms with Crippen LogP contribution >= 0.6 is 0 Å². The highest BCUT2D eigenvalue weighted by molar-refractivity contribution is 5.88. The van der Waals surface area contributed by atoms with E-state index in [0.29, 0.717) is 11.0 Å². The van der Waals surface area contributed by atoms with Crippen molar-refractivity contribution in [3.05, 3.63) is 34.7 Å². The summed E-state index contributed by atoms with van der Waals surface area (Å²) in [5, 5.41) is 2.40. The smallest absolute Gasteiger partial charge is 0.334 e. The zero-order chi connectivity index (χ0) is 10.1. The number of aromatic amines is 1. The van der Waals surface area contributed by atoms with Crippen molar-refractivity contribution in [2.75, 3.05) is 7.05 Å². The summed E-state index contributed by atoms with van der Waals surface area (Å²) in [4.78, 5) is 25.3. The zero-order valence-corrected chi connectivity index (χ0v) is 7.57. The van der Waals surface area contributed by atoms with Gasteiger partial charge in [-0.2, -0.15) is 0 Å². The fourth-order valence-electron chi connectivity index (χ4n) is 1.37. The van der Waals surface area contributed by atoms with Crippen LogP contribution in [0.4, 0.5) is 4.79 Å². The van der Waals surface area contributed by atoms with Crippen molar-refractivity contribution in [1.29, 1.82) is 0 Å².